The largest absolute Gasteiger partial charge is 0.295 e. The molecule has 51 heavy (non-hydrogen) atoms. The first-order chi connectivity index (χ1) is 25.3. The zero-order valence-corrected chi connectivity index (χ0v) is 27.9. The zero-order chi connectivity index (χ0) is 33.7. The third kappa shape index (κ3) is 4.84. The Labute approximate surface area is 296 Å². The highest BCUT2D eigenvalue weighted by Gasteiger charge is 2.20. The van der Waals surface area contributed by atoms with Gasteiger partial charge in [-0.3, -0.25) is 4.90 Å². The fourth-order valence-corrected chi connectivity index (χ4v) is 7.94. The number of nitrogens with zero attached hydrogens (tertiary/aromatic N) is 2. The molecule has 2 heteroatoms. The van der Waals surface area contributed by atoms with Crippen LogP contribution in [0.4, 0.5) is 17.2 Å². The molecule has 0 unspecified atom stereocenters. The lowest BCUT2D eigenvalue weighted by Gasteiger charge is -2.25. The number of hydrogen-bond donors (Lipinski definition) is 0. The lowest BCUT2D eigenvalue weighted by atomic mass is 9.84. The van der Waals surface area contributed by atoms with E-state index in [4.69, 9.17) is 4.98 Å². The van der Waals surface area contributed by atoms with Gasteiger partial charge in [-0.2, -0.15) is 0 Å². The van der Waals surface area contributed by atoms with Crippen molar-refractivity contribution in [2.45, 2.75) is 0 Å². The monoisotopic (exact) mass is 648 g/mol. The van der Waals surface area contributed by atoms with E-state index in [2.05, 4.69) is 193 Å². The summed E-state index contributed by atoms with van der Waals surface area (Å²) in [7, 11) is 0. The molecule has 0 amide bonds. The molecule has 0 saturated heterocycles. The summed E-state index contributed by atoms with van der Waals surface area (Å²) in [6.07, 6.45) is 0. The number of rotatable bonds is 5. The van der Waals surface area contributed by atoms with Crippen LogP contribution >= 0.6 is 0 Å². The van der Waals surface area contributed by atoms with Gasteiger partial charge in [0.15, 0.2) is 0 Å². The Morgan fingerprint density at radius 1 is 0.333 bits per heavy atom. The number of pyridine rings is 1. The van der Waals surface area contributed by atoms with E-state index in [9.17, 15) is 0 Å². The lowest BCUT2D eigenvalue weighted by Crippen LogP contribution is -2.11. The normalized spacial score (nSPS) is 11.5. The summed E-state index contributed by atoms with van der Waals surface area (Å²) in [5, 5.41) is 11.2. The van der Waals surface area contributed by atoms with Crippen LogP contribution in [0.3, 0.4) is 0 Å². The number of para-hydroxylation sites is 2. The third-order valence-electron chi connectivity index (χ3n) is 10.2. The first-order valence-electron chi connectivity index (χ1n) is 17.5. The van der Waals surface area contributed by atoms with Crippen molar-refractivity contribution in [3.63, 3.8) is 0 Å². The van der Waals surface area contributed by atoms with E-state index >= 15 is 0 Å². The molecule has 0 N–H and O–H groups in total. The molecule has 0 saturated carbocycles. The molecule has 1 heterocycles. The van der Waals surface area contributed by atoms with Crippen molar-refractivity contribution in [2.75, 3.05) is 4.90 Å². The number of aromatic nitrogens is 1. The molecule has 10 aromatic rings. The zero-order valence-electron chi connectivity index (χ0n) is 27.9. The molecular formula is C49H32N2. The van der Waals surface area contributed by atoms with Crippen LogP contribution in [0, 0.1) is 0 Å². The van der Waals surface area contributed by atoms with Crippen LogP contribution in [0.25, 0.3) is 76.2 Å². The molecule has 0 aliphatic rings. The van der Waals surface area contributed by atoms with Gasteiger partial charge in [0.05, 0.1) is 5.52 Å². The maximum Gasteiger partial charge on any atom is 0.138 e. The Morgan fingerprint density at radius 3 is 1.53 bits per heavy atom. The molecule has 2 nitrogen and oxygen atoms in total. The van der Waals surface area contributed by atoms with Crippen LogP contribution in [0.2, 0.25) is 0 Å². The highest BCUT2D eigenvalue weighted by Crippen LogP contribution is 2.47. The first kappa shape index (κ1) is 29.2. The van der Waals surface area contributed by atoms with E-state index in [-0.39, 0.29) is 0 Å². The quantitative estimate of drug-likeness (QED) is 0.136. The lowest BCUT2D eigenvalue weighted by molar-refractivity contribution is 1.21. The van der Waals surface area contributed by atoms with E-state index in [1.165, 1.54) is 65.3 Å². The molecule has 0 radical (unpaired) electrons. The Kier molecular flexibility index (Phi) is 6.85. The Balaban J connectivity index is 1.18. The van der Waals surface area contributed by atoms with Gasteiger partial charge in [0.1, 0.15) is 5.82 Å². The van der Waals surface area contributed by atoms with Crippen molar-refractivity contribution in [2.24, 2.45) is 0 Å². The predicted octanol–water partition coefficient (Wildman–Crippen LogP) is 13.7. The molecule has 238 valence electrons. The van der Waals surface area contributed by atoms with Crippen molar-refractivity contribution >= 4 is 71.2 Å². The topological polar surface area (TPSA) is 16.1 Å². The van der Waals surface area contributed by atoms with E-state index in [1.54, 1.807) is 0 Å². The minimum atomic E-state index is 0.885. The number of hydrogen-bond acceptors (Lipinski definition) is 2. The van der Waals surface area contributed by atoms with Gasteiger partial charge in [-0.25, -0.2) is 4.98 Å². The third-order valence-corrected chi connectivity index (χ3v) is 10.2. The van der Waals surface area contributed by atoms with Crippen molar-refractivity contribution in [3.8, 4) is 22.3 Å². The highest BCUT2D eigenvalue weighted by molar-refractivity contribution is 6.25. The molecular weight excluding hydrogens is 617 g/mol. The van der Waals surface area contributed by atoms with Gasteiger partial charge in [0, 0.05) is 16.8 Å². The summed E-state index contributed by atoms with van der Waals surface area (Å²) < 4.78 is 0. The van der Waals surface area contributed by atoms with Crippen LogP contribution in [0.1, 0.15) is 0 Å². The fraction of sp³-hybridized carbons (Fsp3) is 0. The van der Waals surface area contributed by atoms with Crippen LogP contribution in [0.15, 0.2) is 194 Å². The van der Waals surface area contributed by atoms with Crippen LogP contribution < -0.4 is 4.90 Å². The number of fused-ring (bicyclic) bond motifs is 6. The summed E-state index contributed by atoms with van der Waals surface area (Å²) in [6.45, 7) is 0. The average molecular weight is 649 g/mol. The Bertz CT molecular complexity index is 2850. The average Bonchev–Trinajstić information content (AvgIpc) is 3.20. The second kappa shape index (κ2) is 12.0. The Hall–Kier alpha value is -6.77. The van der Waals surface area contributed by atoms with Gasteiger partial charge in [-0.15, -0.1) is 0 Å². The summed E-state index contributed by atoms with van der Waals surface area (Å²) >= 11 is 0. The first-order valence-corrected chi connectivity index (χ1v) is 17.5. The molecule has 10 rings (SSSR count). The van der Waals surface area contributed by atoms with Crippen molar-refractivity contribution in [1.82, 2.24) is 4.98 Å². The smallest absolute Gasteiger partial charge is 0.138 e. The van der Waals surface area contributed by atoms with Crippen LogP contribution in [0.5, 0.6) is 0 Å². The van der Waals surface area contributed by atoms with Crippen molar-refractivity contribution in [3.05, 3.63) is 194 Å². The minimum absolute atomic E-state index is 0.885. The molecule has 0 bridgehead atoms. The van der Waals surface area contributed by atoms with Crippen molar-refractivity contribution < 1.29 is 0 Å². The van der Waals surface area contributed by atoms with E-state index in [0.717, 1.165) is 28.1 Å². The number of anilines is 3. The summed E-state index contributed by atoms with van der Waals surface area (Å²) in [5.74, 6) is 0.885. The standard InChI is InChI=1S/C49H32N2/c1-2-16-36(17-3-1)51(47-31-28-33-14-5-13-25-46(33)50-47)37-29-26-34(27-30-37)48-41-21-9-11-23-43(41)49(44-24-12-10-22-42(44)48)45-32-35-15-4-6-18-38(35)39-19-7-8-20-40(39)45/h1-32H. The molecule has 0 spiro atoms. The van der Waals surface area contributed by atoms with E-state index < -0.39 is 0 Å². The highest BCUT2D eigenvalue weighted by atomic mass is 15.2. The van der Waals surface area contributed by atoms with E-state index in [0.29, 0.717) is 0 Å². The Morgan fingerprint density at radius 2 is 0.843 bits per heavy atom. The summed E-state index contributed by atoms with van der Waals surface area (Å²) in [5.41, 5.74) is 8.07. The fourth-order valence-electron chi connectivity index (χ4n) is 7.94. The molecule has 0 aliphatic carbocycles. The summed E-state index contributed by atoms with van der Waals surface area (Å²) in [6, 6.07) is 69.8. The van der Waals surface area contributed by atoms with Crippen LogP contribution in [-0.2, 0) is 0 Å². The van der Waals surface area contributed by atoms with Gasteiger partial charge >= 0.3 is 0 Å². The maximum absolute atomic E-state index is 5.10. The maximum atomic E-state index is 5.10. The SMILES string of the molecule is c1ccc(N(c2ccc(-c3c4ccccc4c(-c4cc5ccccc5c5ccccc45)c4ccccc34)cc2)c2ccc3ccccc3n2)cc1. The second-order valence-electron chi connectivity index (χ2n) is 13.1. The summed E-state index contributed by atoms with van der Waals surface area (Å²) in [4.78, 5) is 7.33. The van der Waals surface area contributed by atoms with E-state index in [1.807, 2.05) is 6.07 Å². The van der Waals surface area contributed by atoms with Gasteiger partial charge in [-0.1, -0.05) is 146 Å². The van der Waals surface area contributed by atoms with Crippen LogP contribution in [-0.4, -0.2) is 4.98 Å². The number of benzene rings is 9. The minimum Gasteiger partial charge on any atom is -0.295 e. The van der Waals surface area contributed by atoms with Gasteiger partial charge < -0.3 is 0 Å². The molecule has 0 aliphatic heterocycles. The van der Waals surface area contributed by atoms with Gasteiger partial charge in [-0.05, 0) is 114 Å². The van der Waals surface area contributed by atoms with Crippen molar-refractivity contribution in [1.29, 1.82) is 0 Å². The molecule has 0 fully saturated rings. The second-order valence-corrected chi connectivity index (χ2v) is 13.1. The molecule has 9 aromatic carbocycles. The van der Waals surface area contributed by atoms with Gasteiger partial charge in [0.25, 0.3) is 0 Å². The molecule has 0 atom stereocenters. The predicted molar refractivity (Wildman–Crippen MR) is 217 cm³/mol. The van der Waals surface area contributed by atoms with Gasteiger partial charge in [0.2, 0.25) is 0 Å². The molecule has 1 aromatic heterocycles.